The number of rotatable bonds is 3. The number of hydrogen-bond acceptors (Lipinski definition) is 0. The van der Waals surface area contributed by atoms with Gasteiger partial charge in [-0.25, -0.2) is 0 Å². The lowest BCUT2D eigenvalue weighted by Gasteiger charge is -2.38. The molecule has 90 valence electrons. The first kappa shape index (κ1) is 13.4. The highest BCUT2D eigenvalue weighted by atomic mass is 35.5. The summed E-state index contributed by atoms with van der Waals surface area (Å²) < 4.78 is 0. The second-order valence-corrected chi connectivity index (χ2v) is 6.84. The van der Waals surface area contributed by atoms with E-state index in [1.165, 1.54) is 38.5 Å². The molecule has 1 fully saturated rings. The SMILES string of the molecule is CCCC(Cl)C1CCC(C(C)(C)C)CC1. The predicted molar refractivity (Wildman–Crippen MR) is 69.5 cm³/mol. The Bertz CT molecular complexity index is 172. The Morgan fingerprint density at radius 3 is 2.07 bits per heavy atom. The van der Waals surface area contributed by atoms with Crippen LogP contribution >= 0.6 is 11.6 Å². The molecule has 1 rings (SSSR count). The Morgan fingerprint density at radius 2 is 1.67 bits per heavy atom. The van der Waals surface area contributed by atoms with E-state index in [4.69, 9.17) is 11.6 Å². The van der Waals surface area contributed by atoms with Crippen LogP contribution < -0.4 is 0 Å². The number of halogens is 1. The summed E-state index contributed by atoms with van der Waals surface area (Å²) in [5.41, 5.74) is 0.498. The Labute approximate surface area is 101 Å². The van der Waals surface area contributed by atoms with Crippen LogP contribution in [0.1, 0.15) is 66.2 Å². The topological polar surface area (TPSA) is 0 Å². The zero-order chi connectivity index (χ0) is 11.5. The molecule has 0 aromatic rings. The van der Waals surface area contributed by atoms with Crippen molar-refractivity contribution in [1.29, 1.82) is 0 Å². The van der Waals surface area contributed by atoms with Gasteiger partial charge in [0.05, 0.1) is 0 Å². The van der Waals surface area contributed by atoms with Crippen LogP contribution in [0.15, 0.2) is 0 Å². The fourth-order valence-corrected chi connectivity index (χ4v) is 3.33. The molecule has 0 aliphatic heterocycles. The van der Waals surface area contributed by atoms with Crippen molar-refractivity contribution in [1.82, 2.24) is 0 Å². The maximum Gasteiger partial charge on any atom is 0.0364 e. The molecule has 0 spiro atoms. The van der Waals surface area contributed by atoms with Crippen LogP contribution in [0, 0.1) is 17.3 Å². The molecule has 1 unspecified atom stereocenters. The van der Waals surface area contributed by atoms with Crippen LogP contribution in [0.4, 0.5) is 0 Å². The van der Waals surface area contributed by atoms with Crippen LogP contribution in [0.5, 0.6) is 0 Å². The molecule has 15 heavy (non-hydrogen) atoms. The summed E-state index contributed by atoms with van der Waals surface area (Å²) >= 11 is 6.42. The van der Waals surface area contributed by atoms with Gasteiger partial charge in [0.1, 0.15) is 0 Å². The Kier molecular flexibility index (Phi) is 4.96. The average molecular weight is 231 g/mol. The van der Waals surface area contributed by atoms with E-state index < -0.39 is 0 Å². The van der Waals surface area contributed by atoms with Gasteiger partial charge in [0.15, 0.2) is 0 Å². The minimum Gasteiger partial charge on any atom is -0.123 e. The lowest BCUT2D eigenvalue weighted by Crippen LogP contribution is -2.28. The van der Waals surface area contributed by atoms with E-state index in [0.717, 1.165) is 11.8 Å². The molecule has 0 aromatic heterocycles. The highest BCUT2D eigenvalue weighted by Crippen LogP contribution is 2.42. The zero-order valence-electron chi connectivity index (χ0n) is 10.9. The van der Waals surface area contributed by atoms with E-state index in [2.05, 4.69) is 27.7 Å². The lowest BCUT2D eigenvalue weighted by atomic mass is 9.69. The van der Waals surface area contributed by atoms with Gasteiger partial charge in [-0.1, -0.05) is 34.1 Å². The summed E-state index contributed by atoms with van der Waals surface area (Å²) in [7, 11) is 0. The van der Waals surface area contributed by atoms with Gasteiger partial charge in [0.2, 0.25) is 0 Å². The molecule has 0 heterocycles. The van der Waals surface area contributed by atoms with E-state index >= 15 is 0 Å². The molecule has 1 saturated carbocycles. The fraction of sp³-hybridized carbons (Fsp3) is 1.00. The first-order chi connectivity index (χ1) is 6.95. The van der Waals surface area contributed by atoms with Crippen molar-refractivity contribution in [2.75, 3.05) is 0 Å². The molecule has 1 aliphatic rings. The van der Waals surface area contributed by atoms with Crippen molar-refractivity contribution < 1.29 is 0 Å². The van der Waals surface area contributed by atoms with Crippen molar-refractivity contribution in [3.63, 3.8) is 0 Å². The summed E-state index contributed by atoms with van der Waals surface area (Å²) in [5.74, 6) is 1.71. The van der Waals surface area contributed by atoms with Crippen LogP contribution in [-0.4, -0.2) is 5.38 Å². The molecule has 0 N–H and O–H groups in total. The molecule has 0 nitrogen and oxygen atoms in total. The average Bonchev–Trinajstić information content (AvgIpc) is 2.17. The maximum atomic E-state index is 6.42. The number of alkyl halides is 1. The lowest BCUT2D eigenvalue weighted by molar-refractivity contribution is 0.147. The van der Waals surface area contributed by atoms with Crippen molar-refractivity contribution in [3.8, 4) is 0 Å². The molecule has 0 aromatic carbocycles. The molecule has 1 atom stereocenters. The summed E-state index contributed by atoms with van der Waals surface area (Å²) in [6.45, 7) is 9.36. The molecule has 1 heteroatoms. The summed E-state index contributed by atoms with van der Waals surface area (Å²) in [6.07, 6.45) is 7.92. The summed E-state index contributed by atoms with van der Waals surface area (Å²) in [6, 6.07) is 0. The van der Waals surface area contributed by atoms with Crippen LogP contribution in [0.3, 0.4) is 0 Å². The van der Waals surface area contributed by atoms with Crippen molar-refractivity contribution in [3.05, 3.63) is 0 Å². The Morgan fingerprint density at radius 1 is 1.13 bits per heavy atom. The molecule has 0 saturated heterocycles. The minimum atomic E-state index is 0.441. The van der Waals surface area contributed by atoms with Crippen molar-refractivity contribution in [2.24, 2.45) is 17.3 Å². The van der Waals surface area contributed by atoms with E-state index in [9.17, 15) is 0 Å². The largest absolute Gasteiger partial charge is 0.123 e. The quantitative estimate of drug-likeness (QED) is 0.582. The van der Waals surface area contributed by atoms with Crippen LogP contribution in [-0.2, 0) is 0 Å². The van der Waals surface area contributed by atoms with Gasteiger partial charge in [-0.2, -0.15) is 0 Å². The first-order valence-corrected chi connectivity index (χ1v) is 7.03. The molecular weight excluding hydrogens is 204 g/mol. The van der Waals surface area contributed by atoms with Gasteiger partial charge >= 0.3 is 0 Å². The normalized spacial score (nSPS) is 30.2. The van der Waals surface area contributed by atoms with Crippen LogP contribution in [0.2, 0.25) is 0 Å². The standard InChI is InChI=1S/C14H27Cl/c1-5-6-13(15)11-7-9-12(10-8-11)14(2,3)4/h11-13H,5-10H2,1-4H3. The van der Waals surface area contributed by atoms with E-state index in [1.54, 1.807) is 0 Å². The second kappa shape index (κ2) is 5.57. The smallest absolute Gasteiger partial charge is 0.0364 e. The molecule has 1 aliphatic carbocycles. The first-order valence-electron chi connectivity index (χ1n) is 6.59. The van der Waals surface area contributed by atoms with Gasteiger partial charge in [0, 0.05) is 5.38 Å². The summed E-state index contributed by atoms with van der Waals surface area (Å²) in [5, 5.41) is 0.441. The fourth-order valence-electron chi connectivity index (χ4n) is 2.86. The third-order valence-corrected chi connectivity index (χ3v) is 4.65. The highest BCUT2D eigenvalue weighted by Gasteiger charge is 2.31. The summed E-state index contributed by atoms with van der Waals surface area (Å²) in [4.78, 5) is 0. The predicted octanol–water partition coefficient (Wildman–Crippen LogP) is 5.25. The zero-order valence-corrected chi connectivity index (χ0v) is 11.6. The number of hydrogen-bond donors (Lipinski definition) is 0. The third kappa shape index (κ3) is 3.98. The third-order valence-electron chi connectivity index (χ3n) is 4.07. The van der Waals surface area contributed by atoms with E-state index in [0.29, 0.717) is 10.8 Å². The van der Waals surface area contributed by atoms with Crippen molar-refractivity contribution in [2.45, 2.75) is 71.6 Å². The van der Waals surface area contributed by atoms with E-state index in [-0.39, 0.29) is 0 Å². The molecule has 0 radical (unpaired) electrons. The van der Waals surface area contributed by atoms with E-state index in [1.807, 2.05) is 0 Å². The monoisotopic (exact) mass is 230 g/mol. The molecule has 0 bridgehead atoms. The highest BCUT2D eigenvalue weighted by molar-refractivity contribution is 6.20. The Hall–Kier alpha value is 0.290. The second-order valence-electron chi connectivity index (χ2n) is 6.28. The maximum absolute atomic E-state index is 6.42. The van der Waals surface area contributed by atoms with Crippen molar-refractivity contribution >= 4 is 11.6 Å². The Balaban J connectivity index is 2.36. The molecular formula is C14H27Cl. The minimum absolute atomic E-state index is 0.441. The van der Waals surface area contributed by atoms with Crippen LogP contribution in [0.25, 0.3) is 0 Å². The van der Waals surface area contributed by atoms with Gasteiger partial charge in [-0.05, 0) is 49.4 Å². The molecule has 0 amide bonds. The van der Waals surface area contributed by atoms with Gasteiger partial charge in [-0.15, -0.1) is 11.6 Å². The van der Waals surface area contributed by atoms with Gasteiger partial charge in [-0.3, -0.25) is 0 Å². The van der Waals surface area contributed by atoms with Gasteiger partial charge < -0.3 is 0 Å². The van der Waals surface area contributed by atoms with Gasteiger partial charge in [0.25, 0.3) is 0 Å².